The molecule has 1 saturated heterocycles. The Balaban J connectivity index is 2.03. The Morgan fingerprint density at radius 1 is 1.36 bits per heavy atom. The molecule has 0 amide bonds. The Labute approximate surface area is 131 Å². The fourth-order valence-corrected chi connectivity index (χ4v) is 2.83. The summed E-state index contributed by atoms with van der Waals surface area (Å²) >= 11 is 5.23. The van der Waals surface area contributed by atoms with Crippen molar-refractivity contribution in [1.29, 1.82) is 0 Å². The van der Waals surface area contributed by atoms with Gasteiger partial charge in [-0.05, 0) is 5.56 Å². The van der Waals surface area contributed by atoms with E-state index in [0.29, 0.717) is 10.2 Å². The Morgan fingerprint density at radius 2 is 2.09 bits per heavy atom. The number of aromatic amines is 1. The molecule has 7 heteroatoms. The Hall–Kier alpha value is -1.80. The van der Waals surface area contributed by atoms with Crippen molar-refractivity contribution in [3.05, 3.63) is 51.7 Å². The largest absolute Gasteiger partial charge is 0.394 e. The van der Waals surface area contributed by atoms with Gasteiger partial charge in [-0.25, -0.2) is 4.79 Å². The molecule has 0 bridgehead atoms. The molecule has 6 nitrogen and oxygen atoms in total. The maximum absolute atomic E-state index is 12.1. The molecule has 22 heavy (non-hydrogen) atoms. The van der Waals surface area contributed by atoms with Crippen LogP contribution in [0.3, 0.4) is 0 Å². The highest BCUT2D eigenvalue weighted by Crippen LogP contribution is 2.28. The van der Waals surface area contributed by atoms with Gasteiger partial charge in [-0.15, -0.1) is 0 Å². The van der Waals surface area contributed by atoms with Gasteiger partial charge >= 0.3 is 5.69 Å². The molecular formula is C15H16N2O4S. The maximum atomic E-state index is 12.1. The van der Waals surface area contributed by atoms with Gasteiger partial charge in [0.1, 0.15) is 17.0 Å². The molecule has 0 saturated carbocycles. The number of nitrogens with one attached hydrogen (secondary N) is 1. The molecule has 1 aliphatic heterocycles. The third-order valence-electron chi connectivity index (χ3n) is 3.75. The average Bonchev–Trinajstić information content (AvgIpc) is 2.89. The summed E-state index contributed by atoms with van der Waals surface area (Å²) in [6.07, 6.45) is -0.239. The van der Waals surface area contributed by atoms with E-state index in [1.54, 1.807) is 6.20 Å². The summed E-state index contributed by atoms with van der Waals surface area (Å²) in [5.74, 6) is 0. The summed E-state index contributed by atoms with van der Waals surface area (Å²) in [5.41, 5.74) is 1.19. The molecule has 0 spiro atoms. The van der Waals surface area contributed by atoms with E-state index in [0.717, 1.165) is 5.56 Å². The topological polar surface area (TPSA) is 87.5 Å². The first-order chi connectivity index (χ1) is 10.6. The fourth-order valence-electron chi connectivity index (χ4n) is 2.57. The quantitative estimate of drug-likeness (QED) is 0.740. The van der Waals surface area contributed by atoms with E-state index in [9.17, 15) is 9.90 Å². The van der Waals surface area contributed by atoms with Crippen LogP contribution in [0.2, 0.25) is 0 Å². The van der Waals surface area contributed by atoms with Crippen LogP contribution in [-0.2, 0) is 4.74 Å². The first-order valence-electron chi connectivity index (χ1n) is 6.95. The lowest BCUT2D eigenvalue weighted by atomic mass is 10.1. The minimum absolute atomic E-state index is 0.240. The van der Waals surface area contributed by atoms with Gasteiger partial charge in [0.05, 0.1) is 12.7 Å². The minimum Gasteiger partial charge on any atom is -0.394 e. The molecule has 116 valence electrons. The number of ether oxygens (including phenoxy) is 1. The first kappa shape index (κ1) is 15.1. The van der Waals surface area contributed by atoms with Crippen LogP contribution in [0, 0.1) is 4.64 Å². The monoisotopic (exact) mass is 320 g/mol. The molecule has 1 aromatic carbocycles. The van der Waals surface area contributed by atoms with E-state index in [2.05, 4.69) is 4.98 Å². The predicted molar refractivity (Wildman–Crippen MR) is 82.9 cm³/mol. The Kier molecular flexibility index (Phi) is 4.21. The molecular weight excluding hydrogens is 304 g/mol. The molecule has 2 heterocycles. The number of aromatic nitrogens is 2. The highest BCUT2D eigenvalue weighted by atomic mass is 32.1. The first-order valence-corrected chi connectivity index (χ1v) is 7.36. The predicted octanol–water partition coefficient (Wildman–Crippen LogP) is 1.21. The third kappa shape index (κ3) is 2.76. The Morgan fingerprint density at radius 3 is 2.73 bits per heavy atom. The number of hydrogen-bond acceptors (Lipinski definition) is 5. The zero-order valence-corrected chi connectivity index (χ0v) is 12.5. The second kappa shape index (κ2) is 6.13. The average molecular weight is 320 g/mol. The number of H-pyrrole nitrogens is 1. The van der Waals surface area contributed by atoms with E-state index in [4.69, 9.17) is 22.1 Å². The lowest BCUT2D eigenvalue weighted by molar-refractivity contribution is -0.0458. The highest BCUT2D eigenvalue weighted by molar-refractivity contribution is 7.71. The van der Waals surface area contributed by atoms with Crippen molar-refractivity contribution in [1.82, 2.24) is 9.55 Å². The van der Waals surface area contributed by atoms with E-state index in [-0.39, 0.29) is 13.0 Å². The second-order valence-electron chi connectivity index (χ2n) is 5.19. The molecule has 1 aliphatic rings. The number of aliphatic hydroxyl groups is 2. The molecule has 3 atom stereocenters. The molecule has 0 aliphatic carbocycles. The third-order valence-corrected chi connectivity index (χ3v) is 4.07. The SMILES string of the molecule is O=c1[nH]c(=S)c(-c2ccccc2)cn1[C@H]1C[C@H](O)[C@@H](CO)O1. The molecule has 2 aromatic rings. The maximum Gasteiger partial charge on any atom is 0.328 e. The van der Waals surface area contributed by atoms with Crippen LogP contribution in [0.15, 0.2) is 41.3 Å². The summed E-state index contributed by atoms with van der Waals surface area (Å²) in [6, 6.07) is 9.46. The van der Waals surface area contributed by atoms with E-state index in [1.807, 2.05) is 30.3 Å². The Bertz CT molecular complexity index is 771. The smallest absolute Gasteiger partial charge is 0.328 e. The van der Waals surface area contributed by atoms with Crippen LogP contribution in [0.1, 0.15) is 12.6 Å². The number of nitrogens with zero attached hydrogens (tertiary/aromatic N) is 1. The lowest BCUT2D eigenvalue weighted by Crippen LogP contribution is -2.28. The van der Waals surface area contributed by atoms with E-state index >= 15 is 0 Å². The van der Waals surface area contributed by atoms with Crippen molar-refractivity contribution >= 4 is 12.2 Å². The van der Waals surface area contributed by atoms with Crippen LogP contribution in [0.5, 0.6) is 0 Å². The number of benzene rings is 1. The molecule has 0 unspecified atom stereocenters. The zero-order valence-electron chi connectivity index (χ0n) is 11.7. The second-order valence-corrected chi connectivity index (χ2v) is 5.60. The van der Waals surface area contributed by atoms with Gasteiger partial charge in [0.25, 0.3) is 0 Å². The van der Waals surface area contributed by atoms with Crippen LogP contribution in [0.25, 0.3) is 11.1 Å². The molecule has 3 rings (SSSR count). The summed E-state index contributed by atoms with van der Waals surface area (Å²) in [5, 5.41) is 19.0. The zero-order chi connectivity index (χ0) is 15.7. The van der Waals surface area contributed by atoms with Crippen molar-refractivity contribution in [2.75, 3.05) is 6.61 Å². The standard InChI is InChI=1S/C15H16N2O4S/c18-8-12-11(19)6-13(21-12)17-7-10(14(22)16-15(17)20)9-4-2-1-3-5-9/h1-5,7,11-13,18-19H,6,8H2,(H,16,20,22)/t11-,12+,13+/m0/s1. The number of rotatable bonds is 3. The van der Waals surface area contributed by atoms with Gasteiger partial charge in [0.15, 0.2) is 0 Å². The molecule has 1 fully saturated rings. The van der Waals surface area contributed by atoms with Crippen molar-refractivity contribution in [3.8, 4) is 11.1 Å². The van der Waals surface area contributed by atoms with Crippen LogP contribution >= 0.6 is 12.2 Å². The lowest BCUT2D eigenvalue weighted by Gasteiger charge is -2.15. The highest BCUT2D eigenvalue weighted by Gasteiger charge is 2.35. The van der Waals surface area contributed by atoms with Gasteiger partial charge < -0.3 is 14.9 Å². The van der Waals surface area contributed by atoms with Crippen LogP contribution in [0.4, 0.5) is 0 Å². The van der Waals surface area contributed by atoms with Gasteiger partial charge in [-0.2, -0.15) is 0 Å². The van der Waals surface area contributed by atoms with Gasteiger partial charge in [-0.3, -0.25) is 9.55 Å². The van der Waals surface area contributed by atoms with E-state index in [1.165, 1.54) is 4.57 Å². The number of hydrogen-bond donors (Lipinski definition) is 3. The van der Waals surface area contributed by atoms with E-state index < -0.39 is 24.1 Å². The van der Waals surface area contributed by atoms with Crippen LogP contribution in [-0.4, -0.2) is 38.6 Å². The van der Waals surface area contributed by atoms with Gasteiger partial charge in [0, 0.05) is 18.2 Å². The minimum atomic E-state index is -0.801. The molecule has 1 aromatic heterocycles. The van der Waals surface area contributed by atoms with Crippen LogP contribution < -0.4 is 5.69 Å². The fraction of sp³-hybridized carbons (Fsp3) is 0.333. The number of aliphatic hydroxyl groups excluding tert-OH is 2. The van der Waals surface area contributed by atoms with Gasteiger partial charge in [-0.1, -0.05) is 42.5 Å². The normalized spacial score (nSPS) is 24.5. The van der Waals surface area contributed by atoms with Crippen molar-refractivity contribution in [3.63, 3.8) is 0 Å². The van der Waals surface area contributed by atoms with Crippen molar-refractivity contribution < 1.29 is 14.9 Å². The van der Waals surface area contributed by atoms with Crippen molar-refractivity contribution in [2.45, 2.75) is 24.9 Å². The van der Waals surface area contributed by atoms with Gasteiger partial charge in [0.2, 0.25) is 0 Å². The molecule has 3 N–H and O–H groups in total. The summed E-state index contributed by atoms with van der Waals surface area (Å²) < 4.78 is 7.25. The summed E-state index contributed by atoms with van der Waals surface area (Å²) in [6.45, 7) is -0.291. The summed E-state index contributed by atoms with van der Waals surface area (Å²) in [4.78, 5) is 14.8. The summed E-state index contributed by atoms with van der Waals surface area (Å²) in [7, 11) is 0. The van der Waals surface area contributed by atoms with Crippen molar-refractivity contribution in [2.24, 2.45) is 0 Å². The molecule has 0 radical (unpaired) electrons.